The van der Waals surface area contributed by atoms with Crippen molar-refractivity contribution in [2.75, 3.05) is 5.75 Å². The van der Waals surface area contributed by atoms with Gasteiger partial charge in [-0.05, 0) is 53.6 Å². The molecular weight excluding hydrogens is 420 g/mol. The van der Waals surface area contributed by atoms with E-state index in [1.165, 1.54) is 0 Å². The second kappa shape index (κ2) is 8.74. The minimum atomic E-state index is -1.05. The minimum Gasteiger partial charge on any atom is -0.480 e. The summed E-state index contributed by atoms with van der Waals surface area (Å²) in [5, 5.41) is 14.2. The molecule has 1 aliphatic carbocycles. The van der Waals surface area contributed by atoms with Gasteiger partial charge in [-0.15, -0.1) is 0 Å². The molecule has 1 heterocycles. The van der Waals surface area contributed by atoms with Crippen molar-refractivity contribution < 1.29 is 14.7 Å². The Bertz CT molecular complexity index is 1100. The van der Waals surface area contributed by atoms with Crippen LogP contribution in [0.3, 0.4) is 0 Å². The number of H-pyrrole nitrogens is 1. The third kappa shape index (κ3) is 4.07. The first kappa shape index (κ1) is 20.8. The molecule has 4 rings (SSSR count). The molecule has 3 atom stereocenters. The molecule has 156 valence electrons. The Labute approximate surface area is 185 Å². The fraction of sp³-hybridized carbons (Fsp3) is 0.304. The fourth-order valence-electron chi connectivity index (χ4n) is 4.43. The standard InChI is InChI=1S/C23H23ClN2O3S/c24-15-6-8-16-13(9-15)5-7-18(16)19(12-30)22(27)26-21(23(28)29)10-14-11-25-20-4-2-1-3-17(14)20/h1-4,6,8-9,11,18-19,21,25,30H,5,7,10,12H2,(H,26,27)(H,28,29). The number of amides is 1. The highest BCUT2D eigenvalue weighted by Crippen LogP contribution is 2.40. The number of carboxylic acid groups (broad SMARTS) is 1. The lowest BCUT2D eigenvalue weighted by Gasteiger charge is -2.24. The van der Waals surface area contributed by atoms with Gasteiger partial charge >= 0.3 is 5.97 Å². The molecule has 1 aliphatic rings. The number of rotatable bonds is 7. The predicted octanol–water partition coefficient (Wildman–Crippen LogP) is 4.21. The topological polar surface area (TPSA) is 82.2 Å². The summed E-state index contributed by atoms with van der Waals surface area (Å²) >= 11 is 10.5. The lowest BCUT2D eigenvalue weighted by atomic mass is 9.87. The van der Waals surface area contributed by atoms with E-state index in [0.29, 0.717) is 10.8 Å². The van der Waals surface area contributed by atoms with Crippen molar-refractivity contribution in [1.82, 2.24) is 10.3 Å². The molecular formula is C23H23ClN2O3S. The van der Waals surface area contributed by atoms with E-state index in [2.05, 4.69) is 22.9 Å². The number of benzene rings is 2. The van der Waals surface area contributed by atoms with Gasteiger partial charge in [0, 0.05) is 34.3 Å². The zero-order valence-corrected chi connectivity index (χ0v) is 17.9. The Morgan fingerprint density at radius 3 is 2.83 bits per heavy atom. The minimum absolute atomic E-state index is 0.0114. The van der Waals surface area contributed by atoms with Crippen LogP contribution in [0.15, 0.2) is 48.7 Å². The highest BCUT2D eigenvalue weighted by molar-refractivity contribution is 7.80. The number of thiol groups is 1. The molecule has 0 fully saturated rings. The number of nitrogens with one attached hydrogen (secondary N) is 2. The first-order valence-electron chi connectivity index (χ1n) is 9.95. The molecule has 2 aromatic carbocycles. The van der Waals surface area contributed by atoms with Gasteiger partial charge in [-0.25, -0.2) is 4.79 Å². The summed E-state index contributed by atoms with van der Waals surface area (Å²) in [6.07, 6.45) is 3.70. The molecule has 0 aliphatic heterocycles. The van der Waals surface area contributed by atoms with Crippen LogP contribution in [0.5, 0.6) is 0 Å². The van der Waals surface area contributed by atoms with Gasteiger partial charge in [0.05, 0.1) is 5.92 Å². The number of aromatic nitrogens is 1. The lowest BCUT2D eigenvalue weighted by Crippen LogP contribution is -2.46. The van der Waals surface area contributed by atoms with Gasteiger partial charge in [-0.3, -0.25) is 4.79 Å². The molecule has 1 amide bonds. The third-order valence-electron chi connectivity index (χ3n) is 5.96. The van der Waals surface area contributed by atoms with E-state index in [1.54, 1.807) is 6.20 Å². The van der Waals surface area contributed by atoms with Crippen LogP contribution in [0.1, 0.15) is 29.0 Å². The summed E-state index contributed by atoms with van der Waals surface area (Å²) in [5.74, 6) is -1.37. The third-order valence-corrected chi connectivity index (χ3v) is 6.59. The highest BCUT2D eigenvalue weighted by Gasteiger charge is 2.35. The van der Waals surface area contributed by atoms with Crippen LogP contribution >= 0.6 is 24.2 Å². The number of carbonyl (C=O) groups excluding carboxylic acids is 1. The van der Waals surface area contributed by atoms with Crippen LogP contribution in [0.4, 0.5) is 0 Å². The van der Waals surface area contributed by atoms with Gasteiger partial charge in [0.25, 0.3) is 0 Å². The summed E-state index contributed by atoms with van der Waals surface area (Å²) in [5.41, 5.74) is 4.07. The van der Waals surface area contributed by atoms with E-state index in [4.69, 9.17) is 11.6 Å². The summed E-state index contributed by atoms with van der Waals surface area (Å²) in [7, 11) is 0. The van der Waals surface area contributed by atoms with Crippen molar-refractivity contribution in [1.29, 1.82) is 0 Å². The average Bonchev–Trinajstić information content (AvgIpc) is 3.32. The van der Waals surface area contributed by atoms with E-state index in [9.17, 15) is 14.7 Å². The molecule has 1 aromatic heterocycles. The Morgan fingerprint density at radius 2 is 2.07 bits per heavy atom. The van der Waals surface area contributed by atoms with Gasteiger partial charge < -0.3 is 15.4 Å². The molecule has 0 radical (unpaired) electrons. The molecule has 3 aromatic rings. The SMILES string of the molecule is O=C(O)C(Cc1c[nH]c2ccccc12)NC(=O)C(CS)C1CCc2cc(Cl)ccc21. The van der Waals surface area contributed by atoms with Gasteiger partial charge in [0.1, 0.15) is 6.04 Å². The Hall–Kier alpha value is -2.44. The largest absolute Gasteiger partial charge is 0.480 e. The molecule has 0 bridgehead atoms. The van der Waals surface area contributed by atoms with Crippen molar-refractivity contribution in [3.8, 4) is 0 Å². The van der Waals surface area contributed by atoms with Crippen molar-refractivity contribution in [3.63, 3.8) is 0 Å². The van der Waals surface area contributed by atoms with Crippen LogP contribution in [-0.4, -0.2) is 33.8 Å². The maximum Gasteiger partial charge on any atom is 0.326 e. The van der Waals surface area contributed by atoms with Crippen molar-refractivity contribution in [2.24, 2.45) is 5.92 Å². The van der Waals surface area contributed by atoms with E-state index in [-0.39, 0.29) is 18.2 Å². The number of aryl methyl sites for hydroxylation is 1. The zero-order valence-electron chi connectivity index (χ0n) is 16.3. The first-order valence-corrected chi connectivity index (χ1v) is 11.0. The van der Waals surface area contributed by atoms with Crippen molar-refractivity contribution in [2.45, 2.75) is 31.2 Å². The predicted molar refractivity (Wildman–Crippen MR) is 121 cm³/mol. The second-order valence-electron chi connectivity index (χ2n) is 7.74. The summed E-state index contributed by atoms with van der Waals surface area (Å²) in [6, 6.07) is 12.5. The molecule has 0 saturated carbocycles. The van der Waals surface area contributed by atoms with Crippen LogP contribution in [0.2, 0.25) is 5.02 Å². The molecule has 3 unspecified atom stereocenters. The summed E-state index contributed by atoms with van der Waals surface area (Å²) in [6.45, 7) is 0. The Balaban J connectivity index is 1.52. The fourth-order valence-corrected chi connectivity index (χ4v) is 5.04. The number of carboxylic acids is 1. The monoisotopic (exact) mass is 442 g/mol. The number of halogens is 1. The smallest absolute Gasteiger partial charge is 0.326 e. The summed E-state index contributed by atoms with van der Waals surface area (Å²) in [4.78, 5) is 28.1. The number of aromatic amines is 1. The molecule has 0 spiro atoms. The number of aliphatic carboxylic acids is 1. The summed E-state index contributed by atoms with van der Waals surface area (Å²) < 4.78 is 0. The van der Waals surface area contributed by atoms with E-state index >= 15 is 0 Å². The molecule has 3 N–H and O–H groups in total. The zero-order chi connectivity index (χ0) is 21.3. The number of hydrogen-bond acceptors (Lipinski definition) is 3. The number of hydrogen-bond donors (Lipinski definition) is 4. The Kier molecular flexibility index (Phi) is 6.06. The van der Waals surface area contributed by atoms with Crippen LogP contribution in [0.25, 0.3) is 10.9 Å². The average molecular weight is 443 g/mol. The van der Waals surface area contributed by atoms with Gasteiger partial charge in [-0.1, -0.05) is 35.9 Å². The molecule has 5 nitrogen and oxygen atoms in total. The molecule has 30 heavy (non-hydrogen) atoms. The van der Waals surface area contributed by atoms with E-state index < -0.39 is 17.9 Å². The van der Waals surface area contributed by atoms with E-state index in [1.807, 2.05) is 42.5 Å². The normalized spacial score (nSPS) is 17.5. The number of para-hydroxylation sites is 1. The Morgan fingerprint density at radius 1 is 1.27 bits per heavy atom. The van der Waals surface area contributed by atoms with Crippen LogP contribution in [0, 0.1) is 5.92 Å². The lowest BCUT2D eigenvalue weighted by molar-refractivity contribution is -0.142. The second-order valence-corrected chi connectivity index (χ2v) is 8.54. The first-order chi connectivity index (χ1) is 14.5. The van der Waals surface area contributed by atoms with Gasteiger partial charge in [0.15, 0.2) is 0 Å². The van der Waals surface area contributed by atoms with Crippen LogP contribution in [-0.2, 0) is 22.4 Å². The molecule has 7 heteroatoms. The molecule has 0 saturated heterocycles. The number of fused-ring (bicyclic) bond motifs is 2. The maximum absolute atomic E-state index is 13.1. The quantitative estimate of drug-likeness (QED) is 0.414. The van der Waals surface area contributed by atoms with E-state index in [0.717, 1.165) is 40.4 Å². The van der Waals surface area contributed by atoms with Crippen molar-refractivity contribution in [3.05, 3.63) is 70.4 Å². The number of carbonyl (C=O) groups is 2. The maximum atomic E-state index is 13.1. The van der Waals surface area contributed by atoms with Gasteiger partial charge in [-0.2, -0.15) is 12.6 Å². The van der Waals surface area contributed by atoms with Crippen LogP contribution < -0.4 is 5.32 Å². The highest BCUT2D eigenvalue weighted by atomic mass is 35.5. The van der Waals surface area contributed by atoms with Gasteiger partial charge in [0.2, 0.25) is 5.91 Å². The van der Waals surface area contributed by atoms with Crippen molar-refractivity contribution >= 4 is 47.0 Å².